The molecule has 3 nitrogen and oxygen atoms in total. The maximum absolute atomic E-state index is 12.8. The molecule has 22 heavy (non-hydrogen) atoms. The van der Waals surface area contributed by atoms with E-state index in [1.807, 2.05) is 0 Å². The van der Waals surface area contributed by atoms with Gasteiger partial charge in [0.1, 0.15) is 0 Å². The predicted octanol–water partition coefficient (Wildman–Crippen LogP) is 3.68. The average Bonchev–Trinajstić information content (AvgIpc) is 2.47. The van der Waals surface area contributed by atoms with E-state index in [1.165, 1.54) is 7.11 Å². The van der Waals surface area contributed by atoms with Crippen LogP contribution in [0.2, 0.25) is 0 Å². The van der Waals surface area contributed by atoms with Crippen molar-refractivity contribution in [3.63, 3.8) is 0 Å². The smallest absolute Gasteiger partial charge is 0.380 e. The maximum Gasteiger partial charge on any atom is 0.391 e. The van der Waals surface area contributed by atoms with Gasteiger partial charge in [0.05, 0.1) is 12.5 Å². The third-order valence-electron chi connectivity index (χ3n) is 4.03. The standard InChI is InChI=1S/C16H20F3NO2/c1-22-10-11-5-2-3-8-14(11)15(21)20-13-7-4-6-12(9-13)16(17,18)19/h2-3,5,8,12-13H,4,6-7,9-10H2,1H3,(H,20,21). The van der Waals surface area contributed by atoms with Crippen LogP contribution >= 0.6 is 0 Å². The molecule has 0 saturated heterocycles. The quantitative estimate of drug-likeness (QED) is 0.920. The van der Waals surface area contributed by atoms with E-state index in [4.69, 9.17) is 4.74 Å². The van der Waals surface area contributed by atoms with Crippen molar-refractivity contribution in [1.82, 2.24) is 5.32 Å². The van der Waals surface area contributed by atoms with Crippen LogP contribution in [0, 0.1) is 5.92 Å². The van der Waals surface area contributed by atoms with Crippen molar-refractivity contribution >= 4 is 5.91 Å². The lowest BCUT2D eigenvalue weighted by molar-refractivity contribution is -0.183. The van der Waals surface area contributed by atoms with E-state index >= 15 is 0 Å². The minimum Gasteiger partial charge on any atom is -0.380 e. The number of hydrogen-bond acceptors (Lipinski definition) is 2. The molecular formula is C16H20F3NO2. The molecular weight excluding hydrogens is 295 g/mol. The summed E-state index contributed by atoms with van der Waals surface area (Å²) in [6.45, 7) is 0.291. The fourth-order valence-corrected chi connectivity index (χ4v) is 2.90. The number of ether oxygens (including phenoxy) is 1. The van der Waals surface area contributed by atoms with Gasteiger partial charge in [0.25, 0.3) is 5.91 Å². The molecule has 0 spiro atoms. The van der Waals surface area contributed by atoms with Gasteiger partial charge in [-0.1, -0.05) is 24.6 Å². The van der Waals surface area contributed by atoms with E-state index in [2.05, 4.69) is 5.32 Å². The SMILES string of the molecule is COCc1ccccc1C(=O)NC1CCCC(C(F)(F)F)C1. The zero-order valence-electron chi connectivity index (χ0n) is 12.5. The van der Waals surface area contributed by atoms with Crippen molar-refractivity contribution in [2.24, 2.45) is 5.92 Å². The topological polar surface area (TPSA) is 38.3 Å². The van der Waals surface area contributed by atoms with Crippen molar-refractivity contribution in [1.29, 1.82) is 0 Å². The lowest BCUT2D eigenvalue weighted by Crippen LogP contribution is -2.41. The summed E-state index contributed by atoms with van der Waals surface area (Å²) >= 11 is 0. The van der Waals surface area contributed by atoms with Gasteiger partial charge in [0, 0.05) is 18.7 Å². The highest BCUT2D eigenvalue weighted by Crippen LogP contribution is 2.37. The minimum absolute atomic E-state index is 0.0400. The van der Waals surface area contributed by atoms with Crippen molar-refractivity contribution in [3.05, 3.63) is 35.4 Å². The van der Waals surface area contributed by atoms with Gasteiger partial charge in [-0.15, -0.1) is 0 Å². The van der Waals surface area contributed by atoms with E-state index in [-0.39, 0.29) is 18.7 Å². The molecule has 1 aromatic carbocycles. The number of benzene rings is 1. The van der Waals surface area contributed by atoms with Gasteiger partial charge in [-0.25, -0.2) is 0 Å². The number of halogens is 3. The summed E-state index contributed by atoms with van der Waals surface area (Å²) in [5.74, 6) is -1.65. The molecule has 0 aromatic heterocycles. The molecule has 1 fully saturated rings. The van der Waals surface area contributed by atoms with Crippen LogP contribution in [0.5, 0.6) is 0 Å². The lowest BCUT2D eigenvalue weighted by Gasteiger charge is -2.31. The molecule has 2 atom stereocenters. The largest absolute Gasteiger partial charge is 0.391 e. The zero-order chi connectivity index (χ0) is 16.2. The number of alkyl halides is 3. The fraction of sp³-hybridized carbons (Fsp3) is 0.562. The molecule has 2 rings (SSSR count). The van der Waals surface area contributed by atoms with Crippen LogP contribution in [0.4, 0.5) is 13.2 Å². The Kier molecular flexibility index (Phi) is 5.45. The second kappa shape index (κ2) is 7.13. The van der Waals surface area contributed by atoms with E-state index < -0.39 is 18.1 Å². The zero-order valence-corrected chi connectivity index (χ0v) is 12.5. The molecule has 1 aromatic rings. The van der Waals surface area contributed by atoms with Gasteiger partial charge in [-0.3, -0.25) is 4.79 Å². The van der Waals surface area contributed by atoms with Crippen molar-refractivity contribution in [2.75, 3.05) is 7.11 Å². The number of nitrogens with one attached hydrogen (secondary N) is 1. The number of amides is 1. The number of carbonyl (C=O) groups excluding carboxylic acids is 1. The second-order valence-electron chi connectivity index (χ2n) is 5.67. The summed E-state index contributed by atoms with van der Waals surface area (Å²) in [6.07, 6.45) is -3.01. The fourth-order valence-electron chi connectivity index (χ4n) is 2.90. The molecule has 6 heteroatoms. The molecule has 2 unspecified atom stereocenters. The lowest BCUT2D eigenvalue weighted by atomic mass is 9.85. The summed E-state index contributed by atoms with van der Waals surface area (Å²) in [6, 6.07) is 6.54. The summed E-state index contributed by atoms with van der Waals surface area (Å²) in [7, 11) is 1.53. The third-order valence-corrected chi connectivity index (χ3v) is 4.03. The van der Waals surface area contributed by atoms with Crippen LogP contribution in [0.3, 0.4) is 0 Å². The number of rotatable bonds is 4. The van der Waals surface area contributed by atoms with E-state index in [0.29, 0.717) is 25.0 Å². The van der Waals surface area contributed by atoms with Crippen molar-refractivity contribution < 1.29 is 22.7 Å². The summed E-state index contributed by atoms with van der Waals surface area (Å²) in [4.78, 5) is 12.3. The first-order valence-electron chi connectivity index (χ1n) is 7.36. The molecule has 1 aliphatic carbocycles. The predicted molar refractivity (Wildman–Crippen MR) is 76.4 cm³/mol. The van der Waals surface area contributed by atoms with E-state index in [9.17, 15) is 18.0 Å². The Morgan fingerprint density at radius 3 is 2.73 bits per heavy atom. The first-order chi connectivity index (χ1) is 10.4. The number of hydrogen-bond donors (Lipinski definition) is 1. The molecule has 1 amide bonds. The molecule has 0 bridgehead atoms. The van der Waals surface area contributed by atoms with Gasteiger partial charge in [0.2, 0.25) is 0 Å². The van der Waals surface area contributed by atoms with Crippen LogP contribution in [0.1, 0.15) is 41.6 Å². The van der Waals surface area contributed by atoms with Crippen LogP contribution in [0.25, 0.3) is 0 Å². The Balaban J connectivity index is 2.03. The van der Waals surface area contributed by atoms with Crippen LogP contribution in [-0.2, 0) is 11.3 Å². The number of methoxy groups -OCH3 is 1. The van der Waals surface area contributed by atoms with Gasteiger partial charge in [-0.2, -0.15) is 13.2 Å². The van der Waals surface area contributed by atoms with Gasteiger partial charge < -0.3 is 10.1 Å². The molecule has 0 heterocycles. The van der Waals surface area contributed by atoms with E-state index in [1.54, 1.807) is 24.3 Å². The number of carbonyl (C=O) groups is 1. The Bertz CT molecular complexity index is 516. The Morgan fingerprint density at radius 2 is 2.05 bits per heavy atom. The molecule has 0 aliphatic heterocycles. The highest BCUT2D eigenvalue weighted by Gasteiger charge is 2.42. The third kappa shape index (κ3) is 4.22. The normalized spacial score (nSPS) is 22.4. The summed E-state index contributed by atoms with van der Waals surface area (Å²) in [5, 5.41) is 2.74. The first kappa shape index (κ1) is 16.8. The monoisotopic (exact) mass is 315 g/mol. The second-order valence-corrected chi connectivity index (χ2v) is 5.67. The van der Waals surface area contributed by atoms with E-state index in [0.717, 1.165) is 5.56 Å². The van der Waals surface area contributed by atoms with Crippen LogP contribution in [0.15, 0.2) is 24.3 Å². The summed E-state index contributed by atoms with van der Waals surface area (Å²) in [5.41, 5.74) is 1.18. The highest BCUT2D eigenvalue weighted by atomic mass is 19.4. The maximum atomic E-state index is 12.8. The van der Waals surface area contributed by atoms with Gasteiger partial charge in [0.15, 0.2) is 0 Å². The molecule has 0 radical (unpaired) electrons. The summed E-state index contributed by atoms with van der Waals surface area (Å²) < 4.78 is 43.5. The average molecular weight is 315 g/mol. The minimum atomic E-state index is -4.18. The molecule has 122 valence electrons. The van der Waals surface area contributed by atoms with Crippen molar-refractivity contribution in [3.8, 4) is 0 Å². The Hall–Kier alpha value is -1.56. The molecule has 1 saturated carbocycles. The Morgan fingerprint density at radius 1 is 1.32 bits per heavy atom. The first-order valence-corrected chi connectivity index (χ1v) is 7.36. The van der Waals surface area contributed by atoms with Gasteiger partial charge in [-0.05, 0) is 30.9 Å². The highest BCUT2D eigenvalue weighted by molar-refractivity contribution is 5.95. The molecule has 1 N–H and O–H groups in total. The van der Waals surface area contributed by atoms with Crippen LogP contribution < -0.4 is 5.32 Å². The Labute approximate surface area is 127 Å². The molecule has 1 aliphatic rings. The van der Waals surface area contributed by atoms with Crippen molar-refractivity contribution in [2.45, 2.75) is 44.5 Å². The van der Waals surface area contributed by atoms with Gasteiger partial charge >= 0.3 is 6.18 Å². The van der Waals surface area contributed by atoms with Crippen LogP contribution in [-0.4, -0.2) is 25.2 Å².